The molecule has 0 radical (unpaired) electrons. The van der Waals surface area contributed by atoms with Gasteiger partial charge in [-0.15, -0.1) is 0 Å². The van der Waals surface area contributed by atoms with Gasteiger partial charge < -0.3 is 4.90 Å². The van der Waals surface area contributed by atoms with Gasteiger partial charge in [-0.2, -0.15) is 0 Å². The van der Waals surface area contributed by atoms with Crippen molar-refractivity contribution in [2.75, 3.05) is 4.90 Å². The molecule has 0 saturated heterocycles. The molecule has 0 N–H and O–H groups in total. The van der Waals surface area contributed by atoms with Crippen LogP contribution in [0.5, 0.6) is 0 Å². The molecule has 50 heavy (non-hydrogen) atoms. The molecule has 7 aromatic carbocycles. The molecule has 1 fully saturated rings. The van der Waals surface area contributed by atoms with Crippen LogP contribution >= 0.6 is 0 Å². The second-order valence-electron chi connectivity index (χ2n) is 13.7. The summed E-state index contributed by atoms with van der Waals surface area (Å²) in [6.45, 7) is 2.14. The summed E-state index contributed by atoms with van der Waals surface area (Å²) >= 11 is 0. The molecule has 0 bridgehead atoms. The summed E-state index contributed by atoms with van der Waals surface area (Å²) in [4.78, 5) is 2.62. The maximum atomic E-state index is 2.62. The van der Waals surface area contributed by atoms with Gasteiger partial charge in [-0.1, -0.05) is 163 Å². The fourth-order valence-corrected chi connectivity index (χ4v) is 7.92. The lowest BCUT2D eigenvalue weighted by Gasteiger charge is -2.39. The Hall–Kier alpha value is -5.66. The minimum Gasteiger partial charge on any atom is -0.338 e. The lowest BCUT2D eigenvalue weighted by atomic mass is 9.78. The van der Waals surface area contributed by atoms with Crippen LogP contribution in [-0.4, -0.2) is 6.04 Å². The first-order chi connectivity index (χ1) is 24.7. The van der Waals surface area contributed by atoms with Gasteiger partial charge in [-0.25, -0.2) is 0 Å². The summed E-state index contributed by atoms with van der Waals surface area (Å²) in [5.74, 6) is 0.560. The van der Waals surface area contributed by atoms with Gasteiger partial charge in [0.25, 0.3) is 0 Å². The summed E-state index contributed by atoms with van der Waals surface area (Å²) in [5.41, 5.74) is 15.5. The third kappa shape index (κ3) is 6.65. The molecular weight excluding hydrogens is 603 g/mol. The number of hydrogen-bond donors (Lipinski definition) is 0. The topological polar surface area (TPSA) is 3.24 Å². The first-order valence-corrected chi connectivity index (χ1v) is 18.1. The Morgan fingerprint density at radius 1 is 0.360 bits per heavy atom. The van der Waals surface area contributed by atoms with Gasteiger partial charge in [0.15, 0.2) is 0 Å². The van der Waals surface area contributed by atoms with Gasteiger partial charge in [0, 0.05) is 17.4 Å². The average Bonchev–Trinajstić information content (AvgIpc) is 3.20. The van der Waals surface area contributed by atoms with Crippen molar-refractivity contribution in [2.45, 2.75) is 44.6 Å². The van der Waals surface area contributed by atoms with E-state index in [1.807, 2.05) is 0 Å². The predicted molar refractivity (Wildman–Crippen MR) is 213 cm³/mol. The Labute approximate surface area is 297 Å². The van der Waals surface area contributed by atoms with Crippen LogP contribution in [0.2, 0.25) is 0 Å². The molecule has 1 heteroatoms. The van der Waals surface area contributed by atoms with Gasteiger partial charge in [0.05, 0.1) is 0 Å². The summed E-state index contributed by atoms with van der Waals surface area (Å²) in [5, 5.41) is 0. The molecule has 1 aliphatic rings. The second-order valence-corrected chi connectivity index (χ2v) is 13.7. The van der Waals surface area contributed by atoms with Crippen molar-refractivity contribution in [3.8, 4) is 44.5 Å². The van der Waals surface area contributed by atoms with E-state index in [9.17, 15) is 0 Å². The van der Waals surface area contributed by atoms with Gasteiger partial charge in [-0.3, -0.25) is 0 Å². The van der Waals surface area contributed by atoms with Crippen molar-refractivity contribution in [1.29, 1.82) is 0 Å². The largest absolute Gasteiger partial charge is 0.338 e. The van der Waals surface area contributed by atoms with E-state index in [-0.39, 0.29) is 0 Å². The number of benzene rings is 7. The van der Waals surface area contributed by atoms with E-state index in [4.69, 9.17) is 0 Å². The third-order valence-electron chi connectivity index (χ3n) is 10.5. The molecule has 8 rings (SSSR count). The zero-order valence-electron chi connectivity index (χ0n) is 28.8. The average molecular weight is 646 g/mol. The van der Waals surface area contributed by atoms with Crippen LogP contribution in [-0.2, 0) is 0 Å². The molecule has 244 valence electrons. The molecule has 0 heterocycles. The van der Waals surface area contributed by atoms with Crippen LogP contribution in [0.1, 0.15) is 42.7 Å². The Bertz CT molecular complexity index is 2140. The van der Waals surface area contributed by atoms with Crippen molar-refractivity contribution >= 4 is 11.4 Å². The van der Waals surface area contributed by atoms with E-state index in [0.717, 1.165) is 12.8 Å². The smallest absolute Gasteiger partial charge is 0.0413 e. The van der Waals surface area contributed by atoms with Crippen molar-refractivity contribution in [2.24, 2.45) is 0 Å². The van der Waals surface area contributed by atoms with E-state index in [1.54, 1.807) is 0 Å². The summed E-state index contributed by atoms with van der Waals surface area (Å²) in [6.07, 6.45) is 4.64. The standard InChI is InChI=1S/C49H43N/c1-36-20-22-37(23-21-36)38-24-30-43(31-25-38)50(44-32-26-41(27-33-44)48-18-10-8-16-46(48)39-12-4-2-5-13-39)45-34-28-42(29-35-45)49-19-11-9-17-47(49)40-14-6-3-7-15-40/h2-27,30-33,42,45H,28-29,34-35H2,1H3. The van der Waals surface area contributed by atoms with Crippen LogP contribution in [0.15, 0.2) is 182 Å². The molecule has 0 aliphatic heterocycles. The van der Waals surface area contributed by atoms with E-state index in [1.165, 1.54) is 79.9 Å². The highest BCUT2D eigenvalue weighted by Gasteiger charge is 2.29. The number of nitrogens with zero attached hydrogens (tertiary/aromatic N) is 1. The highest BCUT2D eigenvalue weighted by Crippen LogP contribution is 2.43. The molecule has 0 amide bonds. The number of anilines is 2. The third-order valence-corrected chi connectivity index (χ3v) is 10.5. The quantitative estimate of drug-likeness (QED) is 0.159. The molecule has 0 atom stereocenters. The zero-order valence-corrected chi connectivity index (χ0v) is 28.8. The van der Waals surface area contributed by atoms with Gasteiger partial charge in [-0.05, 0) is 113 Å². The molecule has 7 aromatic rings. The second kappa shape index (κ2) is 14.4. The summed E-state index contributed by atoms with van der Waals surface area (Å²) < 4.78 is 0. The maximum absolute atomic E-state index is 2.62. The Morgan fingerprint density at radius 3 is 1.30 bits per heavy atom. The van der Waals surface area contributed by atoms with Crippen LogP contribution in [0.4, 0.5) is 11.4 Å². The fraction of sp³-hybridized carbons (Fsp3) is 0.143. The molecule has 1 nitrogen and oxygen atoms in total. The van der Waals surface area contributed by atoms with Gasteiger partial charge in [0.1, 0.15) is 0 Å². The molecule has 0 unspecified atom stereocenters. The maximum Gasteiger partial charge on any atom is 0.0413 e. The Morgan fingerprint density at radius 2 is 0.760 bits per heavy atom. The van der Waals surface area contributed by atoms with E-state index < -0.39 is 0 Å². The number of aryl methyl sites for hydroxylation is 1. The van der Waals surface area contributed by atoms with Crippen molar-refractivity contribution in [3.05, 3.63) is 193 Å². The van der Waals surface area contributed by atoms with Crippen molar-refractivity contribution in [3.63, 3.8) is 0 Å². The minimum absolute atomic E-state index is 0.419. The highest BCUT2D eigenvalue weighted by molar-refractivity contribution is 5.84. The van der Waals surface area contributed by atoms with Crippen molar-refractivity contribution < 1.29 is 0 Å². The Balaban J connectivity index is 1.10. The Kier molecular flexibility index (Phi) is 9.13. The SMILES string of the molecule is Cc1ccc(-c2ccc(N(c3ccc(-c4ccccc4-c4ccccc4)cc3)C3CCC(c4ccccc4-c4ccccc4)CC3)cc2)cc1. The lowest BCUT2D eigenvalue weighted by molar-refractivity contribution is 0.392. The molecular formula is C49H43N. The summed E-state index contributed by atoms with van der Waals surface area (Å²) in [7, 11) is 0. The fourth-order valence-electron chi connectivity index (χ4n) is 7.92. The normalized spacial score (nSPS) is 15.8. The number of hydrogen-bond acceptors (Lipinski definition) is 1. The van der Waals surface area contributed by atoms with E-state index in [2.05, 4.69) is 194 Å². The van der Waals surface area contributed by atoms with Gasteiger partial charge in [0.2, 0.25) is 0 Å². The predicted octanol–water partition coefficient (Wildman–Crippen LogP) is 13.5. The number of rotatable bonds is 8. The first kappa shape index (κ1) is 31.6. The van der Waals surface area contributed by atoms with E-state index >= 15 is 0 Å². The van der Waals surface area contributed by atoms with Crippen molar-refractivity contribution in [1.82, 2.24) is 0 Å². The highest BCUT2D eigenvalue weighted by atomic mass is 15.2. The minimum atomic E-state index is 0.419. The van der Waals surface area contributed by atoms with E-state index in [0.29, 0.717) is 12.0 Å². The first-order valence-electron chi connectivity index (χ1n) is 18.1. The van der Waals surface area contributed by atoms with Crippen LogP contribution < -0.4 is 4.90 Å². The van der Waals surface area contributed by atoms with Crippen LogP contribution in [0.25, 0.3) is 44.5 Å². The zero-order chi connectivity index (χ0) is 33.7. The lowest BCUT2D eigenvalue weighted by Crippen LogP contribution is -2.34. The molecule has 0 spiro atoms. The summed E-state index contributed by atoms with van der Waals surface area (Å²) in [6, 6.07) is 67.2. The van der Waals surface area contributed by atoms with Crippen LogP contribution in [0.3, 0.4) is 0 Å². The molecule has 1 saturated carbocycles. The monoisotopic (exact) mass is 645 g/mol. The van der Waals surface area contributed by atoms with Crippen LogP contribution in [0, 0.1) is 6.92 Å². The molecule has 1 aliphatic carbocycles. The molecule has 0 aromatic heterocycles. The van der Waals surface area contributed by atoms with Gasteiger partial charge >= 0.3 is 0 Å².